The smallest absolute Gasteiger partial charge is 0.241 e. The van der Waals surface area contributed by atoms with Crippen molar-refractivity contribution < 1.29 is 9.53 Å². The van der Waals surface area contributed by atoms with Gasteiger partial charge in [-0.15, -0.1) is 0 Å². The fourth-order valence-corrected chi connectivity index (χ4v) is 3.71. The van der Waals surface area contributed by atoms with Gasteiger partial charge < -0.3 is 15.0 Å². The molecule has 3 rings (SSSR count). The Bertz CT molecular complexity index is 796. The number of carbonyl (C=O) groups excluding carboxylic acids is 1. The quantitative estimate of drug-likeness (QED) is 0.757. The van der Waals surface area contributed by atoms with Crippen molar-refractivity contribution in [3.05, 3.63) is 54.1 Å². The monoisotopic (exact) mass is 395 g/mol. The van der Waals surface area contributed by atoms with E-state index in [9.17, 15) is 4.79 Å². The van der Waals surface area contributed by atoms with E-state index in [2.05, 4.69) is 47.2 Å². The van der Waals surface area contributed by atoms with Crippen LogP contribution in [-0.2, 0) is 4.79 Å². The van der Waals surface area contributed by atoms with Gasteiger partial charge in [0, 0.05) is 31.9 Å². The van der Waals surface area contributed by atoms with Crippen LogP contribution in [-0.4, -0.2) is 49.6 Å². The van der Waals surface area contributed by atoms with Crippen LogP contribution in [0, 0.1) is 0 Å². The van der Waals surface area contributed by atoms with Gasteiger partial charge in [0.05, 0.1) is 18.3 Å². The maximum atomic E-state index is 12.7. The van der Waals surface area contributed by atoms with Gasteiger partial charge in [-0.3, -0.25) is 9.69 Å². The molecule has 0 aliphatic carbocycles. The van der Waals surface area contributed by atoms with Crippen LogP contribution in [0.15, 0.2) is 48.5 Å². The lowest BCUT2D eigenvalue weighted by Crippen LogP contribution is -2.52. The van der Waals surface area contributed by atoms with Crippen LogP contribution in [0.1, 0.15) is 39.2 Å². The molecule has 1 amide bonds. The highest BCUT2D eigenvalue weighted by Gasteiger charge is 2.26. The van der Waals surface area contributed by atoms with E-state index in [1.54, 1.807) is 0 Å². The predicted octanol–water partition coefficient (Wildman–Crippen LogP) is 4.36. The van der Waals surface area contributed by atoms with Gasteiger partial charge in [0.15, 0.2) is 0 Å². The second-order valence-electron chi connectivity index (χ2n) is 7.87. The molecule has 5 nitrogen and oxygen atoms in total. The number of hydrogen-bond donors (Lipinski definition) is 1. The van der Waals surface area contributed by atoms with Gasteiger partial charge in [0.25, 0.3) is 0 Å². The molecule has 1 aliphatic heterocycles. The summed E-state index contributed by atoms with van der Waals surface area (Å²) in [7, 11) is 0. The molecule has 1 fully saturated rings. The molecule has 0 unspecified atom stereocenters. The zero-order chi connectivity index (χ0) is 20.8. The molecule has 1 atom stereocenters. The van der Waals surface area contributed by atoms with E-state index in [4.69, 9.17) is 4.74 Å². The van der Waals surface area contributed by atoms with Crippen molar-refractivity contribution in [2.24, 2.45) is 0 Å². The van der Waals surface area contributed by atoms with E-state index in [0.29, 0.717) is 12.5 Å². The topological polar surface area (TPSA) is 44.8 Å². The number of carbonyl (C=O) groups is 1. The normalized spacial score (nSPS) is 16.0. The molecule has 0 spiro atoms. The predicted molar refractivity (Wildman–Crippen MR) is 120 cm³/mol. The number of nitrogens with one attached hydrogen (secondary N) is 1. The van der Waals surface area contributed by atoms with Gasteiger partial charge in [-0.05, 0) is 49.6 Å². The van der Waals surface area contributed by atoms with Gasteiger partial charge >= 0.3 is 0 Å². The Balaban J connectivity index is 1.55. The number of para-hydroxylation sites is 2. The highest BCUT2D eigenvalue weighted by molar-refractivity contribution is 5.94. The summed E-state index contributed by atoms with van der Waals surface area (Å²) in [4.78, 5) is 17.3. The summed E-state index contributed by atoms with van der Waals surface area (Å²) in [5.74, 6) is 1.47. The van der Waals surface area contributed by atoms with Crippen LogP contribution in [0.2, 0.25) is 0 Å². The van der Waals surface area contributed by atoms with Crippen molar-refractivity contribution in [3.63, 3.8) is 0 Å². The summed E-state index contributed by atoms with van der Waals surface area (Å²) in [5.41, 5.74) is 3.27. The summed E-state index contributed by atoms with van der Waals surface area (Å²) < 4.78 is 5.77. The largest absolute Gasteiger partial charge is 0.492 e. The zero-order valence-corrected chi connectivity index (χ0v) is 18.0. The van der Waals surface area contributed by atoms with Crippen LogP contribution in [0.5, 0.6) is 5.75 Å². The lowest BCUT2D eigenvalue weighted by atomic mass is 10.0. The van der Waals surface area contributed by atoms with Crippen molar-refractivity contribution in [2.45, 2.75) is 39.7 Å². The maximum absolute atomic E-state index is 12.7. The molecule has 1 saturated heterocycles. The van der Waals surface area contributed by atoms with Gasteiger partial charge in [-0.1, -0.05) is 38.1 Å². The molecule has 0 saturated carbocycles. The molecular weight excluding hydrogens is 362 g/mol. The molecule has 1 aliphatic rings. The number of benzene rings is 2. The first kappa shape index (κ1) is 21.2. The zero-order valence-electron chi connectivity index (χ0n) is 18.0. The summed E-state index contributed by atoms with van der Waals surface area (Å²) in [5, 5.41) is 3.06. The fraction of sp³-hybridized carbons (Fsp3) is 0.458. The van der Waals surface area contributed by atoms with Gasteiger partial charge in [-0.2, -0.15) is 0 Å². The molecule has 0 radical (unpaired) electrons. The number of rotatable bonds is 7. The van der Waals surface area contributed by atoms with Crippen molar-refractivity contribution in [1.29, 1.82) is 0 Å². The van der Waals surface area contributed by atoms with Crippen LogP contribution in [0.4, 0.5) is 11.4 Å². The molecule has 156 valence electrons. The molecule has 0 aromatic heterocycles. The Kier molecular flexibility index (Phi) is 7.15. The first-order chi connectivity index (χ1) is 14.0. The van der Waals surface area contributed by atoms with Gasteiger partial charge in [0.1, 0.15) is 5.75 Å². The van der Waals surface area contributed by atoms with Crippen molar-refractivity contribution in [2.75, 3.05) is 43.0 Å². The third-order valence-corrected chi connectivity index (χ3v) is 5.59. The molecule has 5 heteroatoms. The molecule has 2 aromatic rings. The average molecular weight is 396 g/mol. The Morgan fingerprint density at radius 2 is 1.66 bits per heavy atom. The van der Waals surface area contributed by atoms with E-state index < -0.39 is 0 Å². The summed E-state index contributed by atoms with van der Waals surface area (Å²) in [6, 6.07) is 16.2. The molecule has 0 bridgehead atoms. The number of piperazine rings is 1. The number of amides is 1. The molecule has 1 N–H and O–H groups in total. The molecule has 2 aromatic carbocycles. The minimum atomic E-state index is -0.163. The molecule has 29 heavy (non-hydrogen) atoms. The van der Waals surface area contributed by atoms with Crippen LogP contribution < -0.4 is 15.0 Å². The van der Waals surface area contributed by atoms with Crippen LogP contribution in [0.25, 0.3) is 0 Å². The minimum Gasteiger partial charge on any atom is -0.492 e. The Labute approximate surface area is 174 Å². The SMILES string of the molecule is CCOc1ccccc1N1CCN([C@@H](C)C(=O)Nc2ccc(C(C)C)cc2)CC1. The number of nitrogens with zero attached hydrogens (tertiary/aromatic N) is 2. The fourth-order valence-electron chi connectivity index (χ4n) is 3.71. The standard InChI is InChI=1S/C24H33N3O2/c1-5-29-23-9-7-6-8-22(23)27-16-14-26(15-17-27)19(4)24(28)25-21-12-10-20(11-13-21)18(2)3/h6-13,18-19H,5,14-17H2,1-4H3,(H,25,28)/t19-/m0/s1. The Morgan fingerprint density at radius 1 is 1.00 bits per heavy atom. The first-order valence-electron chi connectivity index (χ1n) is 10.6. The lowest BCUT2D eigenvalue weighted by Gasteiger charge is -2.39. The number of ether oxygens (including phenoxy) is 1. The Hall–Kier alpha value is -2.53. The van der Waals surface area contributed by atoms with E-state index >= 15 is 0 Å². The van der Waals surface area contributed by atoms with Crippen molar-refractivity contribution in [3.8, 4) is 5.75 Å². The Morgan fingerprint density at radius 3 is 2.28 bits per heavy atom. The third-order valence-electron chi connectivity index (χ3n) is 5.59. The summed E-state index contributed by atoms with van der Waals surface area (Å²) in [6.07, 6.45) is 0. The summed E-state index contributed by atoms with van der Waals surface area (Å²) >= 11 is 0. The van der Waals surface area contributed by atoms with Gasteiger partial charge in [-0.25, -0.2) is 0 Å². The molecule has 1 heterocycles. The maximum Gasteiger partial charge on any atom is 0.241 e. The first-order valence-corrected chi connectivity index (χ1v) is 10.6. The average Bonchev–Trinajstić information content (AvgIpc) is 2.74. The van der Waals surface area contributed by atoms with Crippen molar-refractivity contribution in [1.82, 2.24) is 4.90 Å². The minimum absolute atomic E-state index is 0.0467. The second-order valence-corrected chi connectivity index (χ2v) is 7.87. The molecular formula is C24H33N3O2. The van der Waals surface area contributed by atoms with Gasteiger partial charge in [0.2, 0.25) is 5.91 Å². The number of hydrogen-bond acceptors (Lipinski definition) is 4. The third kappa shape index (κ3) is 5.30. The summed E-state index contributed by atoms with van der Waals surface area (Å²) in [6.45, 7) is 12.4. The van der Waals surface area contributed by atoms with E-state index in [0.717, 1.165) is 43.3 Å². The van der Waals surface area contributed by atoms with E-state index in [-0.39, 0.29) is 11.9 Å². The highest BCUT2D eigenvalue weighted by atomic mass is 16.5. The highest BCUT2D eigenvalue weighted by Crippen LogP contribution is 2.29. The van der Waals surface area contributed by atoms with E-state index in [1.807, 2.05) is 44.2 Å². The van der Waals surface area contributed by atoms with E-state index in [1.165, 1.54) is 5.56 Å². The van der Waals surface area contributed by atoms with Crippen LogP contribution in [0.3, 0.4) is 0 Å². The number of anilines is 2. The lowest BCUT2D eigenvalue weighted by molar-refractivity contribution is -0.120. The second kappa shape index (κ2) is 9.79. The van der Waals surface area contributed by atoms with Crippen molar-refractivity contribution >= 4 is 17.3 Å². The van der Waals surface area contributed by atoms with Crippen LogP contribution >= 0.6 is 0 Å².